The molecule has 1 amide bonds. The van der Waals surface area contributed by atoms with E-state index in [4.69, 9.17) is 0 Å². The van der Waals surface area contributed by atoms with E-state index in [2.05, 4.69) is 25.5 Å². The highest BCUT2D eigenvalue weighted by Gasteiger charge is 2.51. The number of amides is 1. The van der Waals surface area contributed by atoms with E-state index in [9.17, 15) is 4.79 Å². The first-order chi connectivity index (χ1) is 16.0. The lowest BCUT2D eigenvalue weighted by molar-refractivity contribution is -0.124. The standard InChI is InChI=1S/C27H35N5O/c1-18-28-24(13-25(29-18)32-8-2-3-9-32)30-22-4-6-23(7-5-22)31-26(33)17-27-14-19-10-20(15-27)12-21(11-19)16-27/h4-7,13,19-21H,2-3,8-12,14-17H2,1H3,(H,31,33)(H,28,29,30). The molecule has 174 valence electrons. The summed E-state index contributed by atoms with van der Waals surface area (Å²) in [6.07, 6.45) is 11.2. The minimum Gasteiger partial charge on any atom is -0.356 e. The fraction of sp³-hybridized carbons (Fsp3) is 0.593. The molecule has 0 radical (unpaired) electrons. The van der Waals surface area contributed by atoms with Crippen LogP contribution in [0.25, 0.3) is 0 Å². The van der Waals surface area contributed by atoms with E-state index in [-0.39, 0.29) is 11.3 Å². The van der Waals surface area contributed by atoms with Gasteiger partial charge in [-0.2, -0.15) is 0 Å². The Balaban J connectivity index is 1.08. The molecule has 6 heteroatoms. The van der Waals surface area contributed by atoms with Crippen LogP contribution in [0.2, 0.25) is 0 Å². The third kappa shape index (κ3) is 4.44. The first-order valence-corrected chi connectivity index (χ1v) is 12.8. The zero-order valence-electron chi connectivity index (χ0n) is 19.6. The van der Waals surface area contributed by atoms with Crippen molar-refractivity contribution in [1.82, 2.24) is 9.97 Å². The number of aromatic nitrogens is 2. The number of aryl methyl sites for hydroxylation is 1. The summed E-state index contributed by atoms with van der Waals surface area (Å²) in [6.45, 7) is 4.06. The Morgan fingerprint density at radius 1 is 0.970 bits per heavy atom. The molecule has 0 atom stereocenters. The lowest BCUT2D eigenvalue weighted by atomic mass is 9.49. The SMILES string of the molecule is Cc1nc(Nc2ccc(NC(=O)CC34CC5CC(CC(C5)C3)C4)cc2)cc(N2CCCC2)n1. The molecule has 1 aromatic heterocycles. The van der Waals surface area contributed by atoms with E-state index in [0.717, 1.165) is 59.7 Å². The van der Waals surface area contributed by atoms with Crippen LogP contribution in [-0.2, 0) is 4.79 Å². The molecular formula is C27H35N5O. The van der Waals surface area contributed by atoms with Crippen LogP contribution in [0.3, 0.4) is 0 Å². The largest absolute Gasteiger partial charge is 0.356 e. The minimum absolute atomic E-state index is 0.180. The molecule has 7 rings (SSSR count). The minimum atomic E-state index is 0.180. The molecule has 0 spiro atoms. The molecule has 2 N–H and O–H groups in total. The van der Waals surface area contributed by atoms with Gasteiger partial charge in [0, 0.05) is 37.0 Å². The molecule has 1 saturated heterocycles. The maximum absolute atomic E-state index is 12.9. The number of hydrogen-bond acceptors (Lipinski definition) is 5. The van der Waals surface area contributed by atoms with Crippen LogP contribution in [-0.4, -0.2) is 29.0 Å². The first kappa shape index (κ1) is 20.9. The predicted molar refractivity (Wildman–Crippen MR) is 132 cm³/mol. The van der Waals surface area contributed by atoms with Crippen molar-refractivity contribution in [3.63, 3.8) is 0 Å². The Bertz CT molecular complexity index is 992. The maximum Gasteiger partial charge on any atom is 0.224 e. The van der Waals surface area contributed by atoms with E-state index in [0.29, 0.717) is 6.42 Å². The normalized spacial score (nSPS) is 30.0. The number of hydrogen-bond donors (Lipinski definition) is 2. The van der Waals surface area contributed by atoms with Crippen LogP contribution < -0.4 is 15.5 Å². The van der Waals surface area contributed by atoms with Gasteiger partial charge >= 0.3 is 0 Å². The molecule has 4 saturated carbocycles. The fourth-order valence-corrected chi connectivity index (χ4v) is 7.56. The zero-order chi connectivity index (χ0) is 22.4. The summed E-state index contributed by atoms with van der Waals surface area (Å²) >= 11 is 0. The predicted octanol–water partition coefficient (Wildman–Crippen LogP) is 5.67. The van der Waals surface area contributed by atoms with E-state index < -0.39 is 0 Å². The third-order valence-corrected chi connectivity index (χ3v) is 8.40. The number of anilines is 4. The summed E-state index contributed by atoms with van der Waals surface area (Å²) in [7, 11) is 0. The summed E-state index contributed by atoms with van der Waals surface area (Å²) in [5, 5.41) is 6.57. The first-order valence-electron chi connectivity index (χ1n) is 12.8. The number of carbonyl (C=O) groups excluding carboxylic acids is 1. The third-order valence-electron chi connectivity index (χ3n) is 8.40. The molecule has 4 bridgehead atoms. The van der Waals surface area contributed by atoms with Crippen molar-refractivity contribution in [2.24, 2.45) is 23.2 Å². The van der Waals surface area contributed by atoms with Gasteiger partial charge in [0.05, 0.1) is 0 Å². The summed E-state index contributed by atoms with van der Waals surface area (Å²) < 4.78 is 0. The fourth-order valence-electron chi connectivity index (χ4n) is 7.56. The van der Waals surface area contributed by atoms with Crippen LogP contribution in [0.15, 0.2) is 30.3 Å². The molecule has 2 aromatic rings. The second-order valence-electron chi connectivity index (χ2n) is 11.2. The lowest BCUT2D eigenvalue weighted by Crippen LogP contribution is -2.47. The maximum atomic E-state index is 12.9. The van der Waals surface area contributed by atoms with Crippen LogP contribution >= 0.6 is 0 Å². The Kier molecular flexibility index (Phi) is 5.27. The summed E-state index contributed by atoms with van der Waals surface area (Å²) in [5.74, 6) is 5.40. The van der Waals surface area contributed by atoms with E-state index in [1.165, 1.54) is 51.4 Å². The highest BCUT2D eigenvalue weighted by Crippen LogP contribution is 2.61. The van der Waals surface area contributed by atoms with Gasteiger partial charge in [-0.3, -0.25) is 4.79 Å². The van der Waals surface area contributed by atoms with Gasteiger partial charge < -0.3 is 15.5 Å². The van der Waals surface area contributed by atoms with Crippen molar-refractivity contribution in [3.05, 3.63) is 36.2 Å². The topological polar surface area (TPSA) is 70.2 Å². The summed E-state index contributed by atoms with van der Waals surface area (Å²) in [4.78, 5) is 24.4. The van der Waals surface area contributed by atoms with Gasteiger partial charge in [0.15, 0.2) is 0 Å². The van der Waals surface area contributed by atoms with Crippen molar-refractivity contribution in [2.45, 2.75) is 64.7 Å². The van der Waals surface area contributed by atoms with Crippen molar-refractivity contribution in [3.8, 4) is 0 Å². The van der Waals surface area contributed by atoms with Gasteiger partial charge in [-0.05, 0) is 106 Å². The second kappa shape index (κ2) is 8.30. The van der Waals surface area contributed by atoms with Crippen LogP contribution in [0.5, 0.6) is 0 Å². The molecule has 4 aliphatic carbocycles. The van der Waals surface area contributed by atoms with Crippen molar-refractivity contribution < 1.29 is 4.79 Å². The number of rotatable bonds is 6. The molecular weight excluding hydrogens is 410 g/mol. The Hall–Kier alpha value is -2.63. The van der Waals surface area contributed by atoms with Gasteiger partial charge in [-0.1, -0.05) is 0 Å². The average molecular weight is 446 g/mol. The lowest BCUT2D eigenvalue weighted by Gasteiger charge is -2.56. The number of nitrogens with one attached hydrogen (secondary N) is 2. The van der Waals surface area contributed by atoms with Gasteiger partial charge in [0.2, 0.25) is 5.91 Å². The van der Waals surface area contributed by atoms with Crippen molar-refractivity contribution >= 4 is 28.9 Å². The molecule has 5 fully saturated rings. The average Bonchev–Trinajstić information content (AvgIpc) is 3.28. The number of benzene rings is 1. The molecule has 33 heavy (non-hydrogen) atoms. The highest BCUT2D eigenvalue weighted by atomic mass is 16.1. The van der Waals surface area contributed by atoms with Crippen LogP contribution in [0, 0.1) is 30.1 Å². The van der Waals surface area contributed by atoms with Crippen molar-refractivity contribution in [1.29, 1.82) is 0 Å². The monoisotopic (exact) mass is 445 g/mol. The molecule has 6 nitrogen and oxygen atoms in total. The quantitative estimate of drug-likeness (QED) is 0.599. The zero-order valence-corrected chi connectivity index (χ0v) is 19.6. The summed E-state index contributed by atoms with van der Waals surface area (Å²) in [6, 6.07) is 10.0. The van der Waals surface area contributed by atoms with Gasteiger partial charge in [-0.15, -0.1) is 0 Å². The molecule has 5 aliphatic rings. The van der Waals surface area contributed by atoms with Crippen LogP contribution in [0.4, 0.5) is 23.0 Å². The van der Waals surface area contributed by atoms with Gasteiger partial charge in [0.25, 0.3) is 0 Å². The highest BCUT2D eigenvalue weighted by molar-refractivity contribution is 5.91. The van der Waals surface area contributed by atoms with Crippen molar-refractivity contribution in [2.75, 3.05) is 28.6 Å². The van der Waals surface area contributed by atoms with Gasteiger partial charge in [-0.25, -0.2) is 9.97 Å². The van der Waals surface area contributed by atoms with E-state index in [1.807, 2.05) is 37.3 Å². The molecule has 2 heterocycles. The number of carbonyl (C=O) groups is 1. The Morgan fingerprint density at radius 3 is 2.21 bits per heavy atom. The second-order valence-corrected chi connectivity index (χ2v) is 11.2. The Labute approximate surface area is 196 Å². The summed E-state index contributed by atoms with van der Waals surface area (Å²) in [5.41, 5.74) is 2.10. The van der Waals surface area contributed by atoms with E-state index >= 15 is 0 Å². The molecule has 1 aromatic carbocycles. The Morgan fingerprint density at radius 2 is 1.58 bits per heavy atom. The van der Waals surface area contributed by atoms with Gasteiger partial charge in [0.1, 0.15) is 17.5 Å². The smallest absolute Gasteiger partial charge is 0.224 e. The van der Waals surface area contributed by atoms with Crippen LogP contribution in [0.1, 0.15) is 63.6 Å². The number of nitrogens with zero attached hydrogens (tertiary/aromatic N) is 3. The molecule has 1 aliphatic heterocycles. The van der Waals surface area contributed by atoms with E-state index in [1.54, 1.807) is 0 Å². The molecule has 0 unspecified atom stereocenters.